The average Bonchev–Trinajstić information content (AvgIpc) is 2.40. The summed E-state index contributed by atoms with van der Waals surface area (Å²) >= 11 is 7.66. The van der Waals surface area contributed by atoms with E-state index >= 15 is 0 Å². The monoisotopic (exact) mass is 288 g/mol. The number of aliphatic hydroxyl groups is 1. The van der Waals surface area contributed by atoms with Crippen LogP contribution in [0.4, 0.5) is 0 Å². The van der Waals surface area contributed by atoms with E-state index in [9.17, 15) is 5.11 Å². The zero-order valence-electron chi connectivity index (χ0n) is 11.1. The maximum absolute atomic E-state index is 10.3. The Morgan fingerprint density at radius 3 is 2.44 bits per heavy atom. The molecule has 0 heterocycles. The average molecular weight is 289 g/mol. The van der Waals surface area contributed by atoms with Gasteiger partial charge in [0.2, 0.25) is 0 Å². The number of hydrogen-bond acceptors (Lipinski definition) is 3. The number of hydrogen-bond donors (Lipinski definition) is 1. The lowest BCUT2D eigenvalue weighted by Gasteiger charge is -2.35. The Bertz CT molecular complexity index is 358. The summed E-state index contributed by atoms with van der Waals surface area (Å²) in [6.07, 6.45) is 1.09. The highest BCUT2D eigenvalue weighted by molar-refractivity contribution is 7.99. The second-order valence-corrected chi connectivity index (χ2v) is 5.70. The maximum Gasteiger partial charge on any atom is 0.0939 e. The highest BCUT2D eigenvalue weighted by atomic mass is 35.5. The molecule has 0 aliphatic rings. The van der Waals surface area contributed by atoms with E-state index in [4.69, 9.17) is 16.3 Å². The number of methoxy groups -OCH3 is 1. The van der Waals surface area contributed by atoms with Crippen molar-refractivity contribution in [3.63, 3.8) is 0 Å². The molecule has 1 unspecified atom stereocenters. The molecular weight excluding hydrogens is 268 g/mol. The van der Waals surface area contributed by atoms with E-state index in [2.05, 4.69) is 0 Å². The Morgan fingerprint density at radius 1 is 1.33 bits per heavy atom. The van der Waals surface area contributed by atoms with Crippen molar-refractivity contribution >= 4 is 23.4 Å². The Labute approximate surface area is 119 Å². The SMILES string of the molecule is CCC(CC)(OC)C(O)CSc1ccccc1Cl. The van der Waals surface area contributed by atoms with E-state index in [-0.39, 0.29) is 0 Å². The van der Waals surface area contributed by atoms with Crippen molar-refractivity contribution in [1.29, 1.82) is 0 Å². The number of halogens is 1. The predicted octanol–water partition coefficient (Wildman–Crippen LogP) is 4.00. The van der Waals surface area contributed by atoms with Gasteiger partial charge in [-0.1, -0.05) is 37.6 Å². The largest absolute Gasteiger partial charge is 0.389 e. The lowest BCUT2D eigenvalue weighted by molar-refractivity contribution is -0.0974. The molecule has 0 aliphatic heterocycles. The molecule has 0 spiro atoms. The van der Waals surface area contributed by atoms with Crippen molar-refractivity contribution in [3.8, 4) is 0 Å². The zero-order chi connectivity index (χ0) is 13.6. The number of benzene rings is 1. The summed E-state index contributed by atoms with van der Waals surface area (Å²) in [6, 6.07) is 7.68. The quantitative estimate of drug-likeness (QED) is 0.769. The molecule has 0 fully saturated rings. The van der Waals surface area contributed by atoms with Crippen molar-refractivity contribution < 1.29 is 9.84 Å². The molecule has 102 valence electrons. The molecule has 0 saturated carbocycles. The second kappa shape index (κ2) is 7.39. The summed E-state index contributed by atoms with van der Waals surface area (Å²) in [4.78, 5) is 0.996. The standard InChI is InChI=1S/C14H21ClO2S/c1-4-14(5-2,17-3)13(16)10-18-12-9-7-6-8-11(12)15/h6-9,13,16H,4-5,10H2,1-3H3. The summed E-state index contributed by atoms with van der Waals surface area (Å²) in [6.45, 7) is 4.08. The summed E-state index contributed by atoms with van der Waals surface area (Å²) < 4.78 is 5.52. The van der Waals surface area contributed by atoms with Crippen molar-refractivity contribution in [3.05, 3.63) is 29.3 Å². The first-order chi connectivity index (χ1) is 8.59. The van der Waals surface area contributed by atoms with Crippen LogP contribution in [0.25, 0.3) is 0 Å². The van der Waals surface area contributed by atoms with Crippen molar-refractivity contribution in [2.45, 2.75) is 43.3 Å². The lowest BCUT2D eigenvalue weighted by Crippen LogP contribution is -2.44. The van der Waals surface area contributed by atoms with Gasteiger partial charge in [-0.25, -0.2) is 0 Å². The molecule has 1 atom stereocenters. The van der Waals surface area contributed by atoms with Crippen LogP contribution < -0.4 is 0 Å². The Hall–Kier alpha value is -0.220. The second-order valence-electron chi connectivity index (χ2n) is 4.23. The summed E-state index contributed by atoms with van der Waals surface area (Å²) in [5.41, 5.74) is -0.450. The molecule has 18 heavy (non-hydrogen) atoms. The first-order valence-corrected chi connectivity index (χ1v) is 7.56. The molecule has 0 amide bonds. The van der Waals surface area contributed by atoms with Crippen LogP contribution in [0.5, 0.6) is 0 Å². The molecule has 0 aromatic heterocycles. The van der Waals surface area contributed by atoms with Crippen LogP contribution in [0.2, 0.25) is 5.02 Å². The van der Waals surface area contributed by atoms with E-state index in [1.165, 1.54) is 0 Å². The van der Waals surface area contributed by atoms with Crippen LogP contribution in [0, 0.1) is 0 Å². The van der Waals surface area contributed by atoms with Crippen molar-refractivity contribution in [2.24, 2.45) is 0 Å². The molecule has 0 saturated heterocycles. The molecular formula is C14H21ClO2S. The topological polar surface area (TPSA) is 29.5 Å². The van der Waals surface area contributed by atoms with Gasteiger partial charge >= 0.3 is 0 Å². The van der Waals surface area contributed by atoms with E-state index in [1.54, 1.807) is 18.9 Å². The summed E-state index contributed by atoms with van der Waals surface area (Å²) in [5.74, 6) is 0.583. The maximum atomic E-state index is 10.3. The molecule has 1 rings (SSSR count). The van der Waals surface area contributed by atoms with Gasteiger partial charge < -0.3 is 9.84 Å². The molecule has 0 radical (unpaired) electrons. The fourth-order valence-electron chi connectivity index (χ4n) is 2.03. The van der Waals surface area contributed by atoms with Gasteiger partial charge in [-0.05, 0) is 25.0 Å². The molecule has 1 aromatic carbocycles. The molecule has 1 N–H and O–H groups in total. The molecule has 0 bridgehead atoms. The molecule has 2 nitrogen and oxygen atoms in total. The van der Waals surface area contributed by atoms with Gasteiger partial charge in [-0.15, -0.1) is 11.8 Å². The minimum atomic E-state index is -0.501. The van der Waals surface area contributed by atoms with E-state index in [1.807, 2.05) is 38.1 Å². The van der Waals surface area contributed by atoms with E-state index in [0.29, 0.717) is 5.75 Å². The van der Waals surface area contributed by atoms with Crippen LogP contribution in [0.1, 0.15) is 26.7 Å². The minimum Gasteiger partial charge on any atom is -0.389 e. The van der Waals surface area contributed by atoms with Crippen LogP contribution in [0.15, 0.2) is 29.2 Å². The molecule has 4 heteroatoms. The van der Waals surface area contributed by atoms with Crippen molar-refractivity contribution in [2.75, 3.05) is 12.9 Å². The van der Waals surface area contributed by atoms with E-state index in [0.717, 1.165) is 22.8 Å². The van der Waals surface area contributed by atoms with Crippen LogP contribution in [-0.2, 0) is 4.74 Å². The third-order valence-corrected chi connectivity index (χ3v) is 5.04. The van der Waals surface area contributed by atoms with Crippen LogP contribution >= 0.6 is 23.4 Å². The smallest absolute Gasteiger partial charge is 0.0939 e. The number of rotatable bonds is 7. The van der Waals surface area contributed by atoms with Gasteiger partial charge in [0.05, 0.1) is 16.7 Å². The van der Waals surface area contributed by atoms with Crippen molar-refractivity contribution in [1.82, 2.24) is 0 Å². The van der Waals surface area contributed by atoms with Gasteiger partial charge in [0.1, 0.15) is 0 Å². The zero-order valence-corrected chi connectivity index (χ0v) is 12.7. The number of thioether (sulfide) groups is 1. The first-order valence-electron chi connectivity index (χ1n) is 6.20. The van der Waals surface area contributed by atoms with Gasteiger partial charge in [-0.3, -0.25) is 0 Å². The van der Waals surface area contributed by atoms with E-state index < -0.39 is 11.7 Å². The summed E-state index contributed by atoms with van der Waals surface area (Å²) in [5, 5.41) is 11.1. The molecule has 0 aliphatic carbocycles. The fourth-order valence-corrected chi connectivity index (χ4v) is 3.35. The summed E-state index contributed by atoms with van der Waals surface area (Å²) in [7, 11) is 1.66. The third kappa shape index (κ3) is 3.64. The lowest BCUT2D eigenvalue weighted by atomic mass is 9.91. The van der Waals surface area contributed by atoms with Gasteiger partial charge in [0.15, 0.2) is 0 Å². The third-order valence-electron chi connectivity index (χ3n) is 3.44. The van der Waals surface area contributed by atoms with Gasteiger partial charge in [0.25, 0.3) is 0 Å². The van der Waals surface area contributed by atoms with Gasteiger partial charge in [0, 0.05) is 17.8 Å². The van der Waals surface area contributed by atoms with Gasteiger partial charge in [-0.2, -0.15) is 0 Å². The number of ether oxygens (including phenoxy) is 1. The fraction of sp³-hybridized carbons (Fsp3) is 0.571. The normalized spacial score (nSPS) is 13.6. The highest BCUT2D eigenvalue weighted by Crippen LogP contribution is 2.31. The van der Waals surface area contributed by atoms with Crippen LogP contribution in [-0.4, -0.2) is 29.7 Å². The predicted molar refractivity (Wildman–Crippen MR) is 78.5 cm³/mol. The first kappa shape index (κ1) is 15.8. The Balaban J connectivity index is 2.65. The number of aliphatic hydroxyl groups excluding tert-OH is 1. The molecule has 1 aromatic rings. The Kier molecular flexibility index (Phi) is 6.50. The highest BCUT2D eigenvalue weighted by Gasteiger charge is 2.34. The minimum absolute atomic E-state index is 0.450. The van der Waals surface area contributed by atoms with Crippen LogP contribution in [0.3, 0.4) is 0 Å². The Morgan fingerprint density at radius 2 is 1.94 bits per heavy atom.